The topological polar surface area (TPSA) is 58.6 Å². The second-order valence-electron chi connectivity index (χ2n) is 6.50. The highest BCUT2D eigenvalue weighted by Crippen LogP contribution is 2.37. The highest BCUT2D eigenvalue weighted by Gasteiger charge is 2.41. The summed E-state index contributed by atoms with van der Waals surface area (Å²) < 4.78 is 5.63. The lowest BCUT2D eigenvalue weighted by Gasteiger charge is -2.19. The number of imide groups is 1. The van der Waals surface area contributed by atoms with Crippen LogP contribution in [0.3, 0.4) is 0 Å². The van der Waals surface area contributed by atoms with Gasteiger partial charge < -0.3 is 10.1 Å². The van der Waals surface area contributed by atoms with Gasteiger partial charge in [-0.25, -0.2) is 0 Å². The van der Waals surface area contributed by atoms with Crippen molar-refractivity contribution in [3.63, 3.8) is 0 Å². The van der Waals surface area contributed by atoms with E-state index in [1.165, 1.54) is 4.90 Å². The number of nitrogens with zero attached hydrogens (tertiary/aromatic N) is 1. The molecule has 0 bridgehead atoms. The molecule has 0 unspecified atom stereocenters. The monoisotopic (exact) mass is 418 g/mol. The lowest BCUT2D eigenvalue weighted by atomic mass is 10.0. The normalized spacial score (nSPS) is 14.3. The minimum absolute atomic E-state index is 0.162. The molecular formula is C21H20Cl2N2O3. The third kappa shape index (κ3) is 3.73. The van der Waals surface area contributed by atoms with Gasteiger partial charge in [0.2, 0.25) is 0 Å². The van der Waals surface area contributed by atoms with Crippen LogP contribution in [0.5, 0.6) is 5.75 Å². The molecule has 0 spiro atoms. The molecule has 1 heterocycles. The smallest absolute Gasteiger partial charge is 0.278 e. The number of carbonyl (C=O) groups excluding carboxylic acids is 2. The third-order valence-corrected chi connectivity index (χ3v) is 4.83. The molecule has 28 heavy (non-hydrogen) atoms. The number of hydrogen-bond acceptors (Lipinski definition) is 4. The van der Waals surface area contributed by atoms with Crippen molar-refractivity contribution in [1.29, 1.82) is 0 Å². The summed E-state index contributed by atoms with van der Waals surface area (Å²) in [5.41, 5.74) is 1.42. The maximum absolute atomic E-state index is 13.1. The van der Waals surface area contributed by atoms with Crippen LogP contribution in [0.25, 0.3) is 5.57 Å². The Bertz CT molecular complexity index is 970. The molecule has 2 amide bonds. The minimum atomic E-state index is -0.410. The number of para-hydroxylation sites is 2. The summed E-state index contributed by atoms with van der Waals surface area (Å²) in [6, 6.07) is 11.8. The molecule has 1 aliphatic rings. The van der Waals surface area contributed by atoms with E-state index in [0.717, 1.165) is 0 Å². The number of amides is 2. The van der Waals surface area contributed by atoms with E-state index in [1.807, 2.05) is 19.1 Å². The Morgan fingerprint density at radius 1 is 1.07 bits per heavy atom. The van der Waals surface area contributed by atoms with Crippen molar-refractivity contribution in [2.24, 2.45) is 0 Å². The van der Waals surface area contributed by atoms with Crippen LogP contribution in [-0.2, 0) is 9.59 Å². The Morgan fingerprint density at radius 2 is 1.79 bits per heavy atom. The van der Waals surface area contributed by atoms with Crippen LogP contribution in [0.4, 0.5) is 5.69 Å². The molecule has 146 valence electrons. The van der Waals surface area contributed by atoms with Gasteiger partial charge >= 0.3 is 0 Å². The average Bonchev–Trinajstić information content (AvgIpc) is 2.87. The number of nitrogens with one attached hydrogen (secondary N) is 1. The molecule has 0 radical (unpaired) electrons. The van der Waals surface area contributed by atoms with Gasteiger partial charge in [-0.2, -0.15) is 0 Å². The van der Waals surface area contributed by atoms with Crippen LogP contribution >= 0.6 is 23.2 Å². The van der Waals surface area contributed by atoms with Crippen LogP contribution in [0, 0.1) is 0 Å². The van der Waals surface area contributed by atoms with Gasteiger partial charge in [0, 0.05) is 16.6 Å². The maximum atomic E-state index is 13.1. The lowest BCUT2D eigenvalue weighted by molar-refractivity contribution is -0.138. The summed E-state index contributed by atoms with van der Waals surface area (Å²) in [5, 5.41) is 3.85. The molecule has 3 rings (SSSR count). The Kier molecular flexibility index (Phi) is 5.96. The van der Waals surface area contributed by atoms with E-state index in [9.17, 15) is 9.59 Å². The van der Waals surface area contributed by atoms with Crippen molar-refractivity contribution in [3.8, 4) is 5.75 Å². The number of carbonyl (C=O) groups is 2. The van der Waals surface area contributed by atoms with E-state index in [1.54, 1.807) is 44.2 Å². The molecule has 2 aromatic carbocycles. The number of ether oxygens (including phenoxy) is 1. The van der Waals surface area contributed by atoms with Crippen LogP contribution in [0.15, 0.2) is 48.2 Å². The number of anilines is 1. The van der Waals surface area contributed by atoms with E-state index >= 15 is 0 Å². The number of hydrogen-bond donors (Lipinski definition) is 1. The highest BCUT2D eigenvalue weighted by atomic mass is 35.5. The lowest BCUT2D eigenvalue weighted by Crippen LogP contribution is -2.38. The molecule has 5 nitrogen and oxygen atoms in total. The van der Waals surface area contributed by atoms with Crippen LogP contribution in [0.2, 0.25) is 10.0 Å². The molecule has 0 aliphatic carbocycles. The minimum Gasteiger partial charge on any atom is -0.492 e. The van der Waals surface area contributed by atoms with Crippen LogP contribution < -0.4 is 10.1 Å². The van der Waals surface area contributed by atoms with E-state index in [4.69, 9.17) is 27.9 Å². The largest absolute Gasteiger partial charge is 0.492 e. The van der Waals surface area contributed by atoms with Gasteiger partial charge in [-0.1, -0.05) is 41.4 Å². The Morgan fingerprint density at radius 3 is 2.43 bits per heavy atom. The van der Waals surface area contributed by atoms with Crippen LogP contribution in [0.1, 0.15) is 26.3 Å². The summed E-state index contributed by atoms with van der Waals surface area (Å²) >= 11 is 12.3. The molecule has 0 aromatic heterocycles. The molecular weight excluding hydrogens is 399 g/mol. The summed E-state index contributed by atoms with van der Waals surface area (Å²) in [4.78, 5) is 27.4. The van der Waals surface area contributed by atoms with Gasteiger partial charge in [-0.15, -0.1) is 0 Å². The standard InChI is InChI=1S/C21H20Cl2N2O3/c1-4-28-17-8-6-5-7-16(17)24-19-18(14-10-9-13(22)11-15(14)23)20(26)25(12(2)3)21(19)27/h5-12,24H,4H2,1-3H3. The third-order valence-electron chi connectivity index (χ3n) is 4.28. The molecule has 1 aliphatic heterocycles. The average molecular weight is 419 g/mol. The zero-order valence-corrected chi connectivity index (χ0v) is 17.3. The van der Waals surface area contributed by atoms with Gasteiger partial charge in [-0.05, 0) is 45.0 Å². The van der Waals surface area contributed by atoms with Crippen molar-refractivity contribution >= 4 is 46.3 Å². The fraction of sp³-hybridized carbons (Fsp3) is 0.238. The fourth-order valence-electron chi connectivity index (χ4n) is 3.06. The number of benzene rings is 2. The Labute approximate surface area is 173 Å². The maximum Gasteiger partial charge on any atom is 0.278 e. The second kappa shape index (κ2) is 8.25. The Hall–Kier alpha value is -2.50. The summed E-state index contributed by atoms with van der Waals surface area (Å²) in [6.45, 7) is 5.92. The van der Waals surface area contributed by atoms with Crippen molar-refractivity contribution in [2.45, 2.75) is 26.8 Å². The molecule has 7 heteroatoms. The van der Waals surface area contributed by atoms with Gasteiger partial charge in [0.25, 0.3) is 11.8 Å². The van der Waals surface area contributed by atoms with Gasteiger partial charge in [-0.3, -0.25) is 14.5 Å². The first kappa shape index (κ1) is 20.2. The highest BCUT2D eigenvalue weighted by molar-refractivity contribution is 6.41. The predicted octanol–water partition coefficient (Wildman–Crippen LogP) is 4.99. The molecule has 0 saturated heterocycles. The fourth-order valence-corrected chi connectivity index (χ4v) is 3.56. The van der Waals surface area contributed by atoms with Crippen LogP contribution in [-0.4, -0.2) is 29.4 Å². The molecule has 0 atom stereocenters. The van der Waals surface area contributed by atoms with Gasteiger partial charge in [0.15, 0.2) is 0 Å². The van der Waals surface area contributed by atoms with Crippen molar-refractivity contribution < 1.29 is 14.3 Å². The van der Waals surface area contributed by atoms with E-state index in [2.05, 4.69) is 5.32 Å². The summed E-state index contributed by atoms with van der Waals surface area (Å²) in [7, 11) is 0. The van der Waals surface area contributed by atoms with Crippen molar-refractivity contribution in [1.82, 2.24) is 4.90 Å². The first-order valence-corrected chi connectivity index (χ1v) is 9.67. The zero-order valence-electron chi connectivity index (χ0n) is 15.8. The zero-order chi connectivity index (χ0) is 20.4. The quantitative estimate of drug-likeness (QED) is 0.670. The first-order valence-electron chi connectivity index (χ1n) is 8.91. The van der Waals surface area contributed by atoms with Gasteiger partial charge in [0.05, 0.1) is 22.9 Å². The molecule has 2 aromatic rings. The molecule has 0 fully saturated rings. The van der Waals surface area contributed by atoms with Gasteiger partial charge in [0.1, 0.15) is 11.4 Å². The summed E-state index contributed by atoms with van der Waals surface area (Å²) in [5.74, 6) is -0.227. The molecule has 0 saturated carbocycles. The first-order chi connectivity index (χ1) is 13.3. The van der Waals surface area contributed by atoms with Crippen molar-refractivity contribution in [2.75, 3.05) is 11.9 Å². The van der Waals surface area contributed by atoms with Crippen molar-refractivity contribution in [3.05, 3.63) is 63.8 Å². The number of rotatable bonds is 6. The van der Waals surface area contributed by atoms with E-state index in [0.29, 0.717) is 33.7 Å². The predicted molar refractivity (Wildman–Crippen MR) is 112 cm³/mol. The number of halogens is 2. The second-order valence-corrected chi connectivity index (χ2v) is 7.35. The van der Waals surface area contributed by atoms with E-state index < -0.39 is 11.8 Å². The molecule has 1 N–H and O–H groups in total. The van der Waals surface area contributed by atoms with E-state index in [-0.39, 0.29) is 17.3 Å². The SMILES string of the molecule is CCOc1ccccc1NC1=C(c2ccc(Cl)cc2Cl)C(=O)N(C(C)C)C1=O. The summed E-state index contributed by atoms with van der Waals surface area (Å²) in [6.07, 6.45) is 0. The Balaban J connectivity index is 2.15.